The molecule has 2 aromatic rings. The van der Waals surface area contributed by atoms with E-state index in [-0.39, 0.29) is 6.61 Å². The Bertz CT molecular complexity index is 811. The van der Waals surface area contributed by atoms with Crippen molar-refractivity contribution in [3.8, 4) is 17.2 Å². The summed E-state index contributed by atoms with van der Waals surface area (Å²) in [5, 5.41) is 3.13. The molecule has 27 heavy (non-hydrogen) atoms. The molecule has 0 radical (unpaired) electrons. The maximum Gasteiger partial charge on any atom is 0.344 e. The minimum Gasteiger partial charge on any atom is -0.493 e. The number of nitrogens with one attached hydrogen (secondary N) is 1. The first-order valence-electron chi connectivity index (χ1n) is 8.03. The van der Waals surface area contributed by atoms with Gasteiger partial charge in [0.2, 0.25) is 0 Å². The number of hydrogen-bond donors (Lipinski definition) is 1. The van der Waals surface area contributed by atoms with E-state index in [9.17, 15) is 9.59 Å². The van der Waals surface area contributed by atoms with Crippen molar-refractivity contribution >= 4 is 29.2 Å². The van der Waals surface area contributed by atoms with Crippen molar-refractivity contribution in [1.82, 2.24) is 0 Å². The van der Waals surface area contributed by atoms with E-state index in [1.807, 2.05) is 0 Å². The second kappa shape index (κ2) is 9.68. The molecular weight excluding hydrogens is 374 g/mol. The molecule has 0 unspecified atom stereocenters. The molecule has 0 aromatic heterocycles. The Hall–Kier alpha value is -2.93. The highest BCUT2D eigenvalue weighted by molar-refractivity contribution is 6.30. The third kappa shape index (κ3) is 6.07. The molecule has 0 heterocycles. The Kier molecular flexibility index (Phi) is 7.31. The molecular formula is C19H20ClNO6. The molecule has 1 atom stereocenters. The summed E-state index contributed by atoms with van der Waals surface area (Å²) in [6, 6.07) is 11.5. The molecule has 0 aliphatic carbocycles. The van der Waals surface area contributed by atoms with Gasteiger partial charge >= 0.3 is 5.97 Å². The normalized spacial score (nSPS) is 11.3. The van der Waals surface area contributed by atoms with Crippen LogP contribution >= 0.6 is 11.6 Å². The zero-order chi connectivity index (χ0) is 19.8. The molecule has 0 saturated heterocycles. The lowest BCUT2D eigenvalue weighted by Crippen LogP contribution is -2.31. The number of carbonyl (C=O) groups excluding carboxylic acids is 2. The van der Waals surface area contributed by atoms with Gasteiger partial charge in [-0.3, -0.25) is 4.79 Å². The number of hydrogen-bond acceptors (Lipinski definition) is 6. The number of carbonyl (C=O) groups is 2. The number of benzene rings is 2. The first-order valence-corrected chi connectivity index (χ1v) is 8.41. The molecule has 0 fully saturated rings. The SMILES string of the molecule is COc1ccc(NC(=O)[C@H](C)OC(=O)COc2cccc(Cl)c2)cc1OC. The molecule has 7 nitrogen and oxygen atoms in total. The molecule has 0 saturated carbocycles. The van der Waals surface area contributed by atoms with Gasteiger partial charge in [-0.2, -0.15) is 0 Å². The van der Waals surface area contributed by atoms with Gasteiger partial charge in [0.05, 0.1) is 14.2 Å². The molecule has 0 aliphatic heterocycles. The molecule has 1 amide bonds. The number of amides is 1. The fourth-order valence-corrected chi connectivity index (χ4v) is 2.32. The monoisotopic (exact) mass is 393 g/mol. The van der Waals surface area contributed by atoms with E-state index < -0.39 is 18.0 Å². The Morgan fingerprint density at radius 3 is 2.48 bits per heavy atom. The van der Waals surface area contributed by atoms with Gasteiger partial charge in [0.25, 0.3) is 5.91 Å². The highest BCUT2D eigenvalue weighted by Gasteiger charge is 2.19. The third-order valence-electron chi connectivity index (χ3n) is 3.48. The van der Waals surface area contributed by atoms with Crippen molar-refractivity contribution in [2.24, 2.45) is 0 Å². The Morgan fingerprint density at radius 2 is 1.81 bits per heavy atom. The van der Waals surface area contributed by atoms with Crippen molar-refractivity contribution in [2.75, 3.05) is 26.1 Å². The predicted molar refractivity (Wildman–Crippen MR) is 101 cm³/mol. The third-order valence-corrected chi connectivity index (χ3v) is 3.72. The van der Waals surface area contributed by atoms with Crippen LogP contribution in [0.5, 0.6) is 17.2 Å². The lowest BCUT2D eigenvalue weighted by Gasteiger charge is -2.15. The number of rotatable bonds is 8. The zero-order valence-corrected chi connectivity index (χ0v) is 15.9. The van der Waals surface area contributed by atoms with Crippen LogP contribution in [-0.4, -0.2) is 38.8 Å². The second-order valence-corrected chi connectivity index (χ2v) is 5.87. The lowest BCUT2D eigenvalue weighted by molar-refractivity contribution is -0.155. The predicted octanol–water partition coefficient (Wildman–Crippen LogP) is 3.31. The van der Waals surface area contributed by atoms with Crippen LogP contribution in [0.15, 0.2) is 42.5 Å². The summed E-state index contributed by atoms with van der Waals surface area (Å²) in [6.07, 6.45) is -1.01. The topological polar surface area (TPSA) is 83.1 Å². The summed E-state index contributed by atoms with van der Waals surface area (Å²) in [6.45, 7) is 1.13. The smallest absolute Gasteiger partial charge is 0.344 e. The van der Waals surface area contributed by atoms with Gasteiger partial charge in [-0.15, -0.1) is 0 Å². The van der Waals surface area contributed by atoms with E-state index in [1.165, 1.54) is 21.1 Å². The lowest BCUT2D eigenvalue weighted by atomic mass is 10.2. The second-order valence-electron chi connectivity index (χ2n) is 5.44. The van der Waals surface area contributed by atoms with Gasteiger partial charge in [-0.25, -0.2) is 4.79 Å². The van der Waals surface area contributed by atoms with Gasteiger partial charge in [-0.05, 0) is 37.3 Å². The highest BCUT2D eigenvalue weighted by Crippen LogP contribution is 2.29. The minimum atomic E-state index is -1.01. The van der Waals surface area contributed by atoms with E-state index in [0.29, 0.717) is 28.0 Å². The highest BCUT2D eigenvalue weighted by atomic mass is 35.5. The van der Waals surface area contributed by atoms with Crippen molar-refractivity contribution in [3.63, 3.8) is 0 Å². The van der Waals surface area contributed by atoms with Crippen molar-refractivity contribution in [1.29, 1.82) is 0 Å². The summed E-state index contributed by atoms with van der Waals surface area (Å²) in [4.78, 5) is 24.1. The summed E-state index contributed by atoms with van der Waals surface area (Å²) in [7, 11) is 3.01. The fraction of sp³-hybridized carbons (Fsp3) is 0.263. The Labute approximate surface area is 162 Å². The summed E-state index contributed by atoms with van der Waals surface area (Å²) in [5.41, 5.74) is 0.482. The molecule has 0 bridgehead atoms. The van der Waals surface area contributed by atoms with Crippen LogP contribution < -0.4 is 19.5 Å². The van der Waals surface area contributed by atoms with Crippen molar-refractivity contribution < 1.29 is 28.5 Å². The maximum atomic E-state index is 12.2. The molecule has 8 heteroatoms. The van der Waals surface area contributed by atoms with Crippen LogP contribution in [0.25, 0.3) is 0 Å². The van der Waals surface area contributed by atoms with E-state index in [2.05, 4.69) is 5.32 Å². The standard InChI is InChI=1S/C19H20ClNO6/c1-12(27-18(22)11-26-15-6-4-5-13(20)9-15)19(23)21-14-7-8-16(24-2)17(10-14)25-3/h4-10,12H,11H2,1-3H3,(H,21,23)/t12-/m0/s1. The molecule has 1 N–H and O–H groups in total. The van der Waals surface area contributed by atoms with Crippen LogP contribution in [0.2, 0.25) is 5.02 Å². The number of halogens is 1. The summed E-state index contributed by atoms with van der Waals surface area (Å²) >= 11 is 5.84. The summed E-state index contributed by atoms with van der Waals surface area (Å²) in [5.74, 6) is 0.271. The number of esters is 1. The quantitative estimate of drug-likeness (QED) is 0.693. The van der Waals surface area contributed by atoms with Gasteiger partial charge in [0.15, 0.2) is 24.2 Å². The Morgan fingerprint density at radius 1 is 1.07 bits per heavy atom. The van der Waals surface area contributed by atoms with Crippen molar-refractivity contribution in [2.45, 2.75) is 13.0 Å². The molecule has 144 valence electrons. The van der Waals surface area contributed by atoms with Gasteiger partial charge in [-0.1, -0.05) is 17.7 Å². The largest absolute Gasteiger partial charge is 0.493 e. The van der Waals surface area contributed by atoms with Crippen LogP contribution in [0, 0.1) is 0 Å². The first kappa shape index (κ1) is 20.4. The van der Waals surface area contributed by atoms with Gasteiger partial charge in [0.1, 0.15) is 5.75 Å². The van der Waals surface area contributed by atoms with E-state index in [0.717, 1.165) is 0 Å². The van der Waals surface area contributed by atoms with Gasteiger partial charge in [0, 0.05) is 16.8 Å². The first-order chi connectivity index (χ1) is 12.9. The van der Waals surface area contributed by atoms with E-state index >= 15 is 0 Å². The Balaban J connectivity index is 1.86. The summed E-state index contributed by atoms with van der Waals surface area (Å²) < 4.78 is 20.7. The number of methoxy groups -OCH3 is 2. The van der Waals surface area contributed by atoms with Crippen molar-refractivity contribution in [3.05, 3.63) is 47.5 Å². The average molecular weight is 394 g/mol. The molecule has 0 aliphatic rings. The zero-order valence-electron chi connectivity index (χ0n) is 15.2. The van der Waals surface area contributed by atoms with Crippen LogP contribution in [0.4, 0.5) is 5.69 Å². The van der Waals surface area contributed by atoms with Crippen LogP contribution in [0.1, 0.15) is 6.92 Å². The molecule has 0 spiro atoms. The van der Waals surface area contributed by atoms with E-state index in [4.69, 9.17) is 30.5 Å². The molecule has 2 rings (SSSR count). The minimum absolute atomic E-state index is 0.339. The van der Waals surface area contributed by atoms with Crippen LogP contribution in [0.3, 0.4) is 0 Å². The average Bonchev–Trinajstić information content (AvgIpc) is 2.66. The van der Waals surface area contributed by atoms with Gasteiger partial charge < -0.3 is 24.3 Å². The van der Waals surface area contributed by atoms with Crippen LogP contribution in [-0.2, 0) is 14.3 Å². The van der Waals surface area contributed by atoms with E-state index in [1.54, 1.807) is 42.5 Å². The maximum absolute atomic E-state index is 12.2. The fourth-order valence-electron chi connectivity index (χ4n) is 2.14. The number of anilines is 1. The number of ether oxygens (including phenoxy) is 4. The molecule has 2 aromatic carbocycles.